The highest BCUT2D eigenvalue weighted by molar-refractivity contribution is 7.61. The number of unbranched alkanes of at least 4 members (excludes halogenated alkanes) is 11. The Labute approximate surface area is 431 Å². The van der Waals surface area contributed by atoms with Gasteiger partial charge >= 0.3 is 33.3 Å². The lowest BCUT2D eigenvalue weighted by Gasteiger charge is -2.21. The van der Waals surface area contributed by atoms with Crippen LogP contribution in [0.5, 0.6) is 0 Å². The Kier molecular flexibility index (Phi) is 35.0. The van der Waals surface area contributed by atoms with Crippen LogP contribution in [0.3, 0.4) is 0 Å². The molecule has 0 spiro atoms. The number of nitrogens with two attached hydrogens (primary N) is 1. The smallest absolute Gasteiger partial charge is 0.462 e. The lowest BCUT2D eigenvalue weighted by molar-refractivity contribution is -0.161. The fourth-order valence-corrected chi connectivity index (χ4v) is 9.17. The molecule has 0 bridgehead atoms. The van der Waals surface area contributed by atoms with E-state index in [1.54, 1.807) is 6.08 Å². The van der Waals surface area contributed by atoms with Crippen LogP contribution in [-0.2, 0) is 46.3 Å². The van der Waals surface area contributed by atoms with Crippen LogP contribution in [0.2, 0.25) is 0 Å². The number of ether oxygens (including phenoxy) is 3. The quantitative estimate of drug-likeness (QED) is 0.0117. The molecular formula is C52H83N3O16P2. The standard InChI is InChI=1S/C52H83N3O16P2/c1-3-5-7-9-11-12-13-14-15-16-17-22-25-29-33-37-48(58)69-44(40-66-47(57)36-32-28-24-21-19-18-20-23-27-31-35-43(56)34-30-26-10-8-6-4-2)41-67-72(62,63)71-73(64,65)68-42-45-49(59)50(60)51(70-45)55-39-38-46(53)54-52(55)61/h6,8,14-15,18-19,23-24,26-28,30-31,35,38-39,43-45,49-51,56,59-60H,3-5,7,9-13,16-17,20-22,25,29,32-34,36-37,40-42H2,1-2H3,(H,62,63)(H,64,65)(H2,53,54,61)/b8-6-,15-14-,19-18-,27-23-,28-24-,30-26-,35-31+/t43?,44-,45-,49-,50-,51-/m1/s1. The van der Waals surface area contributed by atoms with Crippen molar-refractivity contribution in [1.29, 1.82) is 0 Å². The van der Waals surface area contributed by atoms with Crippen LogP contribution in [0.1, 0.15) is 155 Å². The van der Waals surface area contributed by atoms with Gasteiger partial charge in [-0.25, -0.2) is 13.9 Å². The normalized spacial score (nSPS) is 20.1. The second kappa shape index (κ2) is 39.3. The molecule has 0 radical (unpaired) electrons. The number of aliphatic hydroxyl groups excluding tert-OH is 3. The molecule has 7 N–H and O–H groups in total. The van der Waals surface area contributed by atoms with Crippen molar-refractivity contribution < 1.29 is 71.4 Å². The minimum Gasteiger partial charge on any atom is -0.462 e. The van der Waals surface area contributed by atoms with E-state index in [1.807, 2.05) is 54.7 Å². The van der Waals surface area contributed by atoms with E-state index >= 15 is 0 Å². The fraction of sp³-hybridized carbons (Fsp3) is 0.615. The third-order valence-corrected chi connectivity index (χ3v) is 13.7. The number of phosphoric acid groups is 2. The van der Waals surface area contributed by atoms with Gasteiger partial charge in [0, 0.05) is 19.0 Å². The first-order chi connectivity index (χ1) is 35.1. The van der Waals surface area contributed by atoms with E-state index < -0.39 is 89.8 Å². The van der Waals surface area contributed by atoms with Crippen LogP contribution in [0.25, 0.3) is 0 Å². The Morgan fingerprint density at radius 3 is 2.03 bits per heavy atom. The summed E-state index contributed by atoms with van der Waals surface area (Å²) in [6, 6.07) is 1.24. The molecule has 0 amide bonds. The van der Waals surface area contributed by atoms with Crippen molar-refractivity contribution in [2.45, 2.75) is 185 Å². The number of allylic oxidation sites excluding steroid dienone is 12. The summed E-state index contributed by atoms with van der Waals surface area (Å²) < 4.78 is 56.7. The lowest BCUT2D eigenvalue weighted by atomic mass is 10.1. The van der Waals surface area contributed by atoms with Crippen molar-refractivity contribution in [3.8, 4) is 0 Å². The van der Waals surface area contributed by atoms with Gasteiger partial charge in [-0.05, 0) is 76.7 Å². The van der Waals surface area contributed by atoms with Crippen LogP contribution in [0, 0.1) is 0 Å². The number of nitrogens with zero attached hydrogens (tertiary/aromatic N) is 2. The van der Waals surface area contributed by atoms with Crippen molar-refractivity contribution in [2.75, 3.05) is 25.6 Å². The Bertz CT molecular complexity index is 2070. The van der Waals surface area contributed by atoms with Gasteiger partial charge in [0.05, 0.1) is 19.3 Å². The number of anilines is 1. The lowest BCUT2D eigenvalue weighted by Crippen LogP contribution is -2.36. The molecule has 1 aromatic rings. The van der Waals surface area contributed by atoms with Gasteiger partial charge in [0.15, 0.2) is 12.3 Å². The van der Waals surface area contributed by atoms with E-state index in [9.17, 15) is 48.6 Å². The van der Waals surface area contributed by atoms with Crippen molar-refractivity contribution in [1.82, 2.24) is 9.55 Å². The maximum Gasteiger partial charge on any atom is 0.481 e. The zero-order chi connectivity index (χ0) is 53.6. The highest BCUT2D eigenvalue weighted by Gasteiger charge is 2.46. The summed E-state index contributed by atoms with van der Waals surface area (Å²) in [6.07, 6.45) is 38.4. The molecular weight excluding hydrogens is 985 g/mol. The number of hydrogen-bond donors (Lipinski definition) is 6. The fourth-order valence-electron chi connectivity index (χ4n) is 7.06. The molecule has 1 fully saturated rings. The summed E-state index contributed by atoms with van der Waals surface area (Å²) in [6.45, 7) is 1.88. The summed E-state index contributed by atoms with van der Waals surface area (Å²) in [5.41, 5.74) is 4.58. The molecule has 0 aliphatic carbocycles. The molecule has 2 heterocycles. The predicted molar refractivity (Wildman–Crippen MR) is 281 cm³/mol. The van der Waals surface area contributed by atoms with E-state index in [0.29, 0.717) is 32.1 Å². The monoisotopic (exact) mass is 1070 g/mol. The van der Waals surface area contributed by atoms with Crippen LogP contribution < -0.4 is 11.4 Å². The molecule has 1 aromatic heterocycles. The topological polar surface area (TPSA) is 286 Å². The van der Waals surface area contributed by atoms with Crippen LogP contribution in [0.4, 0.5) is 5.82 Å². The molecule has 0 saturated carbocycles. The molecule has 19 nitrogen and oxygen atoms in total. The zero-order valence-corrected chi connectivity index (χ0v) is 44.6. The third-order valence-electron chi connectivity index (χ3n) is 11.1. The highest BCUT2D eigenvalue weighted by atomic mass is 31.3. The summed E-state index contributed by atoms with van der Waals surface area (Å²) in [4.78, 5) is 61.9. The number of nitrogen functional groups attached to an aromatic ring is 1. The average Bonchev–Trinajstić information content (AvgIpc) is 3.62. The number of rotatable bonds is 41. The van der Waals surface area contributed by atoms with E-state index in [4.69, 9.17) is 29.0 Å². The molecule has 2 rings (SSSR count). The summed E-state index contributed by atoms with van der Waals surface area (Å²) >= 11 is 0. The first kappa shape index (κ1) is 65.0. The van der Waals surface area contributed by atoms with Crippen LogP contribution >= 0.6 is 15.6 Å². The van der Waals surface area contributed by atoms with Gasteiger partial charge in [-0.2, -0.15) is 9.29 Å². The van der Waals surface area contributed by atoms with Crippen molar-refractivity contribution in [3.05, 3.63) is 108 Å². The van der Waals surface area contributed by atoms with Crippen LogP contribution in [-0.4, -0.2) is 96.9 Å². The summed E-state index contributed by atoms with van der Waals surface area (Å²) in [7, 11) is -10.9. The van der Waals surface area contributed by atoms with Gasteiger partial charge in [-0.15, -0.1) is 0 Å². The first-order valence-electron chi connectivity index (χ1n) is 25.7. The number of phosphoric ester groups is 2. The van der Waals surface area contributed by atoms with E-state index in [2.05, 4.69) is 47.4 Å². The molecule has 1 aliphatic rings. The number of carbonyl (C=O) groups excluding carboxylic acids is 2. The minimum absolute atomic E-state index is 0.0101. The maximum atomic E-state index is 12.9. The molecule has 412 valence electrons. The van der Waals surface area contributed by atoms with Crippen molar-refractivity contribution in [2.24, 2.45) is 0 Å². The average molecular weight is 1070 g/mol. The number of hydrogen-bond acceptors (Lipinski definition) is 16. The molecule has 3 unspecified atom stereocenters. The predicted octanol–water partition coefficient (Wildman–Crippen LogP) is 9.64. The van der Waals surface area contributed by atoms with Crippen LogP contribution in [0.15, 0.2) is 102 Å². The summed E-state index contributed by atoms with van der Waals surface area (Å²) in [5.74, 6) is -1.45. The Hall–Kier alpha value is -4.10. The number of aliphatic hydroxyl groups is 3. The molecule has 1 aliphatic heterocycles. The van der Waals surface area contributed by atoms with Gasteiger partial charge in [-0.1, -0.05) is 150 Å². The molecule has 0 aromatic carbocycles. The molecule has 8 atom stereocenters. The second-order valence-electron chi connectivity index (χ2n) is 17.5. The van der Waals surface area contributed by atoms with Crippen molar-refractivity contribution >= 4 is 33.4 Å². The maximum absolute atomic E-state index is 12.9. The van der Waals surface area contributed by atoms with Gasteiger partial charge in [-0.3, -0.25) is 23.2 Å². The second-order valence-corrected chi connectivity index (χ2v) is 20.5. The Morgan fingerprint density at radius 2 is 1.34 bits per heavy atom. The largest absolute Gasteiger partial charge is 0.481 e. The van der Waals surface area contributed by atoms with Crippen molar-refractivity contribution in [3.63, 3.8) is 0 Å². The first-order valence-corrected chi connectivity index (χ1v) is 28.7. The third kappa shape index (κ3) is 32.1. The molecule has 1 saturated heterocycles. The number of carbonyl (C=O) groups is 2. The SMILES string of the molecule is CC/C=C\C/C=C\CC(O)/C=C/C=C\C/C=C\C/C=C\CCC(=O)OC[C@H](COP(=O)(O)OP(=O)(O)OC[C@H]1O[C@@H](n2ccc(N)nc2=O)[C@H](O)[C@@H]1O)OC(=O)CCCCCCC/C=C\CCCCCCCC. The highest BCUT2D eigenvalue weighted by Crippen LogP contribution is 2.60. The zero-order valence-electron chi connectivity index (χ0n) is 42.8. The van der Waals surface area contributed by atoms with Gasteiger partial charge in [0.25, 0.3) is 0 Å². The van der Waals surface area contributed by atoms with Gasteiger partial charge in [0.2, 0.25) is 0 Å². The van der Waals surface area contributed by atoms with E-state index in [1.165, 1.54) is 44.6 Å². The summed E-state index contributed by atoms with van der Waals surface area (Å²) in [5, 5.41) is 31.0. The number of aromatic nitrogens is 2. The minimum atomic E-state index is -5.45. The van der Waals surface area contributed by atoms with Gasteiger partial charge in [0.1, 0.15) is 30.7 Å². The molecule has 21 heteroatoms. The Morgan fingerprint density at radius 1 is 0.740 bits per heavy atom. The van der Waals surface area contributed by atoms with Gasteiger partial charge < -0.3 is 45.1 Å². The van der Waals surface area contributed by atoms with E-state index in [-0.39, 0.29) is 18.7 Å². The number of esters is 2. The Balaban J connectivity index is 1.85. The molecule has 73 heavy (non-hydrogen) atoms. The van der Waals surface area contributed by atoms with E-state index in [0.717, 1.165) is 62.1 Å².